The van der Waals surface area contributed by atoms with Crippen molar-refractivity contribution in [3.63, 3.8) is 0 Å². The molecule has 9 heteroatoms. The van der Waals surface area contributed by atoms with Gasteiger partial charge in [-0.15, -0.1) is 0 Å². The van der Waals surface area contributed by atoms with Gasteiger partial charge in [-0.3, -0.25) is 0 Å². The van der Waals surface area contributed by atoms with Gasteiger partial charge in [-0.2, -0.15) is 0 Å². The van der Waals surface area contributed by atoms with Crippen LogP contribution in [0.25, 0.3) is 54.2 Å². The highest BCUT2D eigenvalue weighted by molar-refractivity contribution is 9.10. The van der Waals surface area contributed by atoms with E-state index in [0.717, 1.165) is 118 Å². The van der Waals surface area contributed by atoms with Crippen molar-refractivity contribution < 1.29 is 4.74 Å². The molecule has 0 unspecified atom stereocenters. The molecule has 2 saturated carbocycles. The first-order valence-corrected chi connectivity index (χ1v) is 49.7. The van der Waals surface area contributed by atoms with Crippen LogP contribution in [0.2, 0.25) is 0 Å². The zero-order chi connectivity index (χ0) is 91.3. The van der Waals surface area contributed by atoms with Crippen molar-refractivity contribution in [1.29, 1.82) is 0 Å². The van der Waals surface area contributed by atoms with Crippen molar-refractivity contribution in [3.05, 3.63) is 501 Å². The fourth-order valence-electron chi connectivity index (χ4n) is 19.6. The van der Waals surface area contributed by atoms with Crippen molar-refractivity contribution in [2.75, 3.05) is 36.9 Å². The Bertz CT molecular complexity index is 7140. The Morgan fingerprint density at radius 3 is 0.963 bits per heavy atom. The van der Waals surface area contributed by atoms with E-state index in [9.17, 15) is 0 Å². The van der Waals surface area contributed by atoms with Crippen molar-refractivity contribution in [3.8, 4) is 16.9 Å². The van der Waals surface area contributed by atoms with E-state index in [-0.39, 0.29) is 7.92 Å². The second kappa shape index (κ2) is 43.5. The molecule has 0 aromatic heterocycles. The minimum absolute atomic E-state index is 0.122. The number of ether oxygens (including phenoxy) is 1. The van der Waals surface area contributed by atoms with Crippen LogP contribution in [0.1, 0.15) is 69.8 Å². The van der Waals surface area contributed by atoms with E-state index in [1.165, 1.54) is 124 Å². The highest BCUT2D eigenvalue weighted by atomic mass is 79.9. The van der Waals surface area contributed by atoms with Crippen LogP contribution in [0, 0.1) is 6.92 Å². The summed E-state index contributed by atoms with van der Waals surface area (Å²) in [5.74, 6) is 1.02. The van der Waals surface area contributed by atoms with Crippen LogP contribution in [-0.4, -0.2) is 18.4 Å². The Balaban J connectivity index is 0.000000125. The molecule has 0 heterocycles. The van der Waals surface area contributed by atoms with Gasteiger partial charge in [-0.1, -0.05) is 354 Å². The van der Waals surface area contributed by atoms with E-state index in [1.807, 2.05) is 25.3 Å². The molecule has 2 aliphatic carbocycles. The molecule has 7 nitrogen and oxygen atoms in total. The number of hydrogen-bond donors (Lipinski definition) is 1. The van der Waals surface area contributed by atoms with Gasteiger partial charge in [-0.05, 0) is 298 Å². The zero-order valence-corrected chi connectivity index (χ0v) is 78.9. The monoisotopic (exact) mass is 1830 g/mol. The first-order valence-electron chi connectivity index (χ1n) is 47.4. The third-order valence-electron chi connectivity index (χ3n) is 25.9. The van der Waals surface area contributed by atoms with Gasteiger partial charge in [0.15, 0.2) is 0 Å². The maximum Gasteiger partial charge on any atom is 0.126 e. The number of benzene rings is 20. The van der Waals surface area contributed by atoms with Gasteiger partial charge < -0.3 is 34.6 Å². The minimum atomic E-state index is -0.122. The number of nitrogens with zero attached hydrogens (tertiary/aromatic N) is 5. The average Bonchev–Trinajstić information content (AvgIpc) is 0.717. The van der Waals surface area contributed by atoms with Crippen molar-refractivity contribution >= 4 is 169 Å². The zero-order valence-electron chi connectivity index (χ0n) is 76.5. The molecule has 0 spiro atoms. The van der Waals surface area contributed by atoms with Crippen LogP contribution < -0.4 is 39.9 Å². The normalized spacial score (nSPS) is 12.6. The molecular formula is C126H110BrN6OP. The van der Waals surface area contributed by atoms with Crippen LogP contribution in [0.5, 0.6) is 5.75 Å². The maximum absolute atomic E-state index is 5.81. The Morgan fingerprint density at radius 1 is 0.252 bits per heavy atom. The number of fused-ring (bicyclic) bond motifs is 6. The van der Waals surface area contributed by atoms with E-state index in [2.05, 4.69) is 526 Å². The van der Waals surface area contributed by atoms with Crippen molar-refractivity contribution in [2.24, 2.45) is 0 Å². The number of halogens is 1. The van der Waals surface area contributed by atoms with E-state index in [1.54, 1.807) is 5.30 Å². The first kappa shape index (κ1) is 89.2. The molecule has 0 saturated heterocycles. The largest absolute Gasteiger partial charge is 0.496 e. The highest BCUT2D eigenvalue weighted by Crippen LogP contribution is 2.57. The summed E-state index contributed by atoms with van der Waals surface area (Å²) in [5, 5.41) is 15.3. The number of para-hydroxylation sites is 8. The molecule has 662 valence electrons. The van der Waals surface area contributed by atoms with E-state index >= 15 is 0 Å². The lowest BCUT2D eigenvalue weighted by atomic mass is 9.99. The highest BCUT2D eigenvalue weighted by Gasteiger charge is 2.35. The molecule has 0 atom stereocenters. The van der Waals surface area contributed by atoms with Gasteiger partial charge in [0, 0.05) is 106 Å². The van der Waals surface area contributed by atoms with Crippen LogP contribution in [0.15, 0.2) is 496 Å². The molecule has 1 N–H and O–H groups in total. The topological polar surface area (TPSA) is 37.5 Å². The first-order chi connectivity index (χ1) is 66.8. The van der Waals surface area contributed by atoms with E-state index < -0.39 is 0 Å². The minimum Gasteiger partial charge on any atom is -0.496 e. The predicted octanol–water partition coefficient (Wildman–Crippen LogP) is 37.0. The van der Waals surface area contributed by atoms with Gasteiger partial charge in [0.25, 0.3) is 0 Å². The smallest absolute Gasteiger partial charge is 0.126 e. The Morgan fingerprint density at radius 2 is 0.548 bits per heavy atom. The number of nitrogens with one attached hydrogen (secondary N) is 1. The summed E-state index contributed by atoms with van der Waals surface area (Å²) < 4.78 is 6.98. The van der Waals surface area contributed by atoms with Gasteiger partial charge in [-0.25, -0.2) is 0 Å². The van der Waals surface area contributed by atoms with Crippen molar-refractivity contribution in [1.82, 2.24) is 0 Å². The van der Waals surface area contributed by atoms with Gasteiger partial charge >= 0.3 is 0 Å². The molecule has 2 fully saturated rings. The third-order valence-corrected chi connectivity index (χ3v) is 30.1. The summed E-state index contributed by atoms with van der Waals surface area (Å²) >= 11 is 3.62. The molecule has 0 radical (unpaired) electrons. The van der Waals surface area contributed by atoms with Crippen LogP contribution in [0.4, 0.5) is 96.7 Å². The van der Waals surface area contributed by atoms with Crippen LogP contribution in [0.3, 0.4) is 0 Å². The Kier molecular flexibility index (Phi) is 28.8. The molecule has 0 amide bonds. The third kappa shape index (κ3) is 20.8. The molecule has 20 aromatic carbocycles. The fourth-order valence-corrected chi connectivity index (χ4v) is 24.2. The maximum atomic E-state index is 5.81. The number of rotatable bonds is 22. The van der Waals surface area contributed by atoms with Gasteiger partial charge in [0.2, 0.25) is 0 Å². The lowest BCUT2D eigenvalue weighted by Gasteiger charge is -2.39. The lowest BCUT2D eigenvalue weighted by molar-refractivity contribution is 0.416. The molecular weight excluding hydrogens is 1720 g/mol. The molecule has 20 aromatic rings. The summed E-state index contributed by atoms with van der Waals surface area (Å²) in [6.07, 6.45) is 14.4. The Labute approximate surface area is 805 Å². The summed E-state index contributed by atoms with van der Waals surface area (Å²) in [6.45, 7) is 2.23. The molecule has 0 aliphatic heterocycles. The molecule has 22 rings (SSSR count). The number of hydrogen-bond acceptors (Lipinski definition) is 7. The average molecular weight is 1840 g/mol. The van der Waals surface area contributed by atoms with E-state index in [0.29, 0.717) is 0 Å². The molecule has 2 aliphatic rings. The summed E-state index contributed by atoms with van der Waals surface area (Å²) in [5.41, 5.74) is 24.5. The van der Waals surface area contributed by atoms with Crippen molar-refractivity contribution in [2.45, 2.75) is 82.4 Å². The number of aryl methyl sites for hydroxylation is 1. The van der Waals surface area contributed by atoms with Gasteiger partial charge in [0.1, 0.15) is 5.75 Å². The Hall–Kier alpha value is -15.1. The lowest BCUT2D eigenvalue weighted by Crippen LogP contribution is -2.27. The number of methoxy groups -OCH3 is 1. The summed E-state index contributed by atoms with van der Waals surface area (Å²) in [7, 11) is 1.69. The second-order valence-electron chi connectivity index (χ2n) is 34.6. The van der Waals surface area contributed by atoms with E-state index in [4.69, 9.17) is 4.74 Å². The summed E-state index contributed by atoms with van der Waals surface area (Å²) in [6, 6.07) is 174. The second-order valence-corrected chi connectivity index (χ2v) is 38.2. The van der Waals surface area contributed by atoms with Crippen LogP contribution in [-0.2, 0) is 0 Å². The number of anilines is 17. The SMILES string of the molecule is Brc1cc2ccccc2c2ccccc12.COc1cccc(C)c1-c1ccccc1P(C1CCCCC1)C1CCCCC1.c1ccc(N(c2ccccc2)c2cccc(N(c3ccccc3)c3ccc(N(c4ccccc4)c4cc5ccccc5c5ccccc45)cc3)c2)cc1.c1ccc(Nc2ccc(N(c3ccccc3)c3cccc(N(c4ccccc4)c4ccccc4)c3)cc2)cc1. The van der Waals surface area contributed by atoms with Gasteiger partial charge in [0.05, 0.1) is 12.8 Å². The molecule has 135 heavy (non-hydrogen) atoms. The molecule has 0 bridgehead atoms. The predicted molar refractivity (Wildman–Crippen MR) is 584 cm³/mol. The summed E-state index contributed by atoms with van der Waals surface area (Å²) in [4.78, 5) is 11.6. The standard InChI is InChI=1S/C50H37N3.C36H29N3.C26H35OP.C14H9Br/c1-5-19-39(20-6-1)51(40-21-7-2-8-22-40)45-27-17-28-46(37-45)52(41-23-9-3-10-24-41)43-32-34-44(35-33-43)53(42-25-11-4-12-26-42)50-36-38-18-13-14-29-47(38)48-30-15-16-31-49(48)50;1-5-14-29(15-6-1)37-30-24-26-34(27-25-30)39(33-20-11-4-12-21-33)36-23-13-22-35(28-36)38(31-16-7-2-8-17-31)32-18-9-3-10-19-32;1-20-12-11-18-24(27-2)26(20)23-17-9-10-19-25(23)28(21-13-5-3-6-14-21)22-15-7-4-8-16-22;15-14-9-10-5-1-2-6-11(10)12-7-3-4-8-13(12)14/h1-37H;1-28,37H;9-12,17-19,21-22H,3-8,13-16H2,1-2H3;1-9H. The fraction of sp³-hybridized carbons (Fsp3) is 0.111. The quantitative estimate of drug-likeness (QED) is 0.0535. The van der Waals surface area contributed by atoms with Crippen LogP contribution >= 0.6 is 23.9 Å².